The Labute approximate surface area is 205 Å². The number of aliphatic hydroxyl groups is 1. The average molecular weight is 496 g/mol. The second-order valence-corrected chi connectivity index (χ2v) is 11.2. The smallest absolute Gasteiger partial charge is 0.262 e. The van der Waals surface area contributed by atoms with Crippen molar-refractivity contribution in [3.63, 3.8) is 0 Å². The Kier molecular flexibility index (Phi) is 5.90. The van der Waals surface area contributed by atoms with Crippen molar-refractivity contribution < 1.29 is 18.3 Å². The number of amides is 1. The standard InChI is InChI=1S/C25H29N5O4S/c1-28(2)25(32)18-6-4-5-16(11-18)17-7-8-21-20(12-17)24-19(22(14-31)27-21)9-10-30(24)35(33,34)23-13-29(3)15-26-23/h4-8,11-13,15,19,22,24,27,31H,9-10,14H2,1-3H3/t19-,22-,24-/m1/s1. The topological polar surface area (TPSA) is 108 Å². The van der Waals surface area contributed by atoms with E-state index in [1.807, 2.05) is 36.4 Å². The molecule has 1 aromatic heterocycles. The quantitative estimate of drug-likeness (QED) is 0.563. The van der Waals surface area contributed by atoms with Crippen LogP contribution in [0.25, 0.3) is 11.1 Å². The van der Waals surface area contributed by atoms with Gasteiger partial charge < -0.3 is 19.9 Å². The van der Waals surface area contributed by atoms with Gasteiger partial charge in [0.05, 0.1) is 25.0 Å². The van der Waals surface area contributed by atoms with Gasteiger partial charge in [-0.2, -0.15) is 4.31 Å². The van der Waals surface area contributed by atoms with Gasteiger partial charge in [0.1, 0.15) is 0 Å². The molecule has 0 spiro atoms. The van der Waals surface area contributed by atoms with Gasteiger partial charge in [0, 0.05) is 51.1 Å². The molecule has 1 fully saturated rings. The molecular weight excluding hydrogens is 466 g/mol. The highest BCUT2D eigenvalue weighted by Crippen LogP contribution is 2.49. The van der Waals surface area contributed by atoms with E-state index in [4.69, 9.17) is 0 Å². The first kappa shape index (κ1) is 23.5. The number of aromatic nitrogens is 2. The minimum atomic E-state index is -3.83. The van der Waals surface area contributed by atoms with Gasteiger partial charge in [0.15, 0.2) is 5.03 Å². The molecular formula is C25H29N5O4S. The van der Waals surface area contributed by atoms with Gasteiger partial charge >= 0.3 is 0 Å². The number of carbonyl (C=O) groups excluding carboxylic acids is 1. The van der Waals surface area contributed by atoms with Gasteiger partial charge in [-0.25, -0.2) is 13.4 Å². The van der Waals surface area contributed by atoms with E-state index in [0.29, 0.717) is 18.5 Å². The lowest BCUT2D eigenvalue weighted by molar-refractivity contribution is 0.0827. The van der Waals surface area contributed by atoms with Crippen LogP contribution >= 0.6 is 0 Å². The van der Waals surface area contributed by atoms with Crippen LogP contribution in [0.3, 0.4) is 0 Å². The summed E-state index contributed by atoms with van der Waals surface area (Å²) in [5, 5.41) is 13.5. The maximum atomic E-state index is 13.6. The fourth-order valence-electron chi connectivity index (χ4n) is 5.20. The molecule has 3 heterocycles. The molecule has 1 amide bonds. The van der Waals surface area contributed by atoms with Gasteiger partial charge in [0.25, 0.3) is 15.9 Å². The van der Waals surface area contributed by atoms with E-state index in [2.05, 4.69) is 10.3 Å². The summed E-state index contributed by atoms with van der Waals surface area (Å²) in [4.78, 5) is 18.1. The number of hydrogen-bond donors (Lipinski definition) is 2. The monoisotopic (exact) mass is 495 g/mol. The molecule has 2 aromatic carbocycles. The first-order valence-electron chi connectivity index (χ1n) is 11.5. The molecule has 0 unspecified atom stereocenters. The van der Waals surface area contributed by atoms with Crippen LogP contribution in [0.4, 0.5) is 5.69 Å². The molecule has 0 saturated carbocycles. The number of anilines is 1. The number of carbonyl (C=O) groups is 1. The van der Waals surface area contributed by atoms with Crippen molar-refractivity contribution in [3.05, 3.63) is 66.1 Å². The van der Waals surface area contributed by atoms with Gasteiger partial charge in [-0.15, -0.1) is 0 Å². The van der Waals surface area contributed by atoms with Gasteiger partial charge in [0.2, 0.25) is 0 Å². The first-order chi connectivity index (χ1) is 16.7. The minimum Gasteiger partial charge on any atom is -0.394 e. The molecule has 9 nitrogen and oxygen atoms in total. The van der Waals surface area contributed by atoms with Crippen LogP contribution < -0.4 is 5.32 Å². The zero-order valence-corrected chi connectivity index (χ0v) is 20.7. The van der Waals surface area contributed by atoms with E-state index < -0.39 is 16.1 Å². The normalized spacial score (nSPS) is 21.8. The van der Waals surface area contributed by atoms with Crippen LogP contribution in [0.1, 0.15) is 28.4 Å². The number of aliphatic hydroxyl groups excluding tert-OH is 1. The van der Waals surface area contributed by atoms with Crippen molar-refractivity contribution in [1.29, 1.82) is 0 Å². The Bertz CT molecular complexity index is 1380. The SMILES string of the molecule is CN(C)C(=O)c1cccc(-c2ccc3c(c2)[C@H]2[C@H](CCN2S(=O)(=O)c2cn(C)cn2)[C@@H](CO)N3)c1. The zero-order valence-electron chi connectivity index (χ0n) is 19.9. The molecule has 35 heavy (non-hydrogen) atoms. The summed E-state index contributed by atoms with van der Waals surface area (Å²) in [6.45, 7) is 0.261. The molecule has 0 aliphatic carbocycles. The van der Waals surface area contributed by atoms with Gasteiger partial charge in [-0.05, 0) is 47.4 Å². The number of nitrogens with zero attached hydrogens (tertiary/aromatic N) is 4. The summed E-state index contributed by atoms with van der Waals surface area (Å²) in [5.74, 6) is -0.163. The first-order valence-corrected chi connectivity index (χ1v) is 13.0. The highest BCUT2D eigenvalue weighted by atomic mass is 32.2. The summed E-state index contributed by atoms with van der Waals surface area (Å²) in [7, 11) is 1.34. The molecule has 1 saturated heterocycles. The summed E-state index contributed by atoms with van der Waals surface area (Å²) in [6.07, 6.45) is 3.62. The van der Waals surface area contributed by atoms with Gasteiger partial charge in [-0.1, -0.05) is 18.2 Å². The summed E-state index contributed by atoms with van der Waals surface area (Å²) < 4.78 is 30.3. The van der Waals surface area contributed by atoms with Crippen LogP contribution in [0, 0.1) is 5.92 Å². The third-order valence-corrected chi connectivity index (χ3v) is 8.69. The number of hydrogen-bond acceptors (Lipinski definition) is 6. The predicted octanol–water partition coefficient (Wildman–Crippen LogP) is 2.33. The van der Waals surface area contributed by atoms with E-state index in [1.54, 1.807) is 31.8 Å². The largest absolute Gasteiger partial charge is 0.394 e. The molecule has 0 radical (unpaired) electrons. The highest BCUT2D eigenvalue weighted by Gasteiger charge is 2.49. The van der Waals surface area contributed by atoms with Crippen LogP contribution in [0.5, 0.6) is 0 Å². The number of imidazole rings is 1. The fourth-order valence-corrected chi connectivity index (χ4v) is 6.84. The van der Waals surface area contributed by atoms with E-state index in [1.165, 1.54) is 21.7 Å². The lowest BCUT2D eigenvalue weighted by atomic mass is 9.82. The molecule has 2 aliphatic heterocycles. The van der Waals surface area contributed by atoms with Crippen molar-refractivity contribution in [2.24, 2.45) is 13.0 Å². The molecule has 2 N–H and O–H groups in total. The molecule has 2 aliphatic rings. The summed E-state index contributed by atoms with van der Waals surface area (Å²) in [6, 6.07) is 12.6. The van der Waals surface area contributed by atoms with Gasteiger partial charge in [-0.3, -0.25) is 4.79 Å². The Hall–Kier alpha value is -3.21. The number of rotatable bonds is 5. The molecule has 184 valence electrons. The maximum absolute atomic E-state index is 13.6. The third-order valence-electron chi connectivity index (χ3n) is 6.93. The molecule has 0 bridgehead atoms. The highest BCUT2D eigenvalue weighted by molar-refractivity contribution is 7.89. The average Bonchev–Trinajstić information content (AvgIpc) is 3.50. The lowest BCUT2D eigenvalue weighted by Crippen LogP contribution is -2.42. The minimum absolute atomic E-state index is 0.0207. The van der Waals surface area contributed by atoms with Crippen LogP contribution in [-0.2, 0) is 17.1 Å². The second-order valence-electron chi connectivity index (χ2n) is 9.41. The Morgan fingerprint density at radius 2 is 1.97 bits per heavy atom. The number of nitrogens with one attached hydrogen (secondary N) is 1. The van der Waals surface area contributed by atoms with E-state index in [0.717, 1.165) is 22.4 Å². The maximum Gasteiger partial charge on any atom is 0.262 e. The molecule has 10 heteroatoms. The Morgan fingerprint density at radius 3 is 2.66 bits per heavy atom. The zero-order chi connectivity index (χ0) is 24.9. The van der Waals surface area contributed by atoms with Crippen LogP contribution in [0.15, 0.2) is 60.0 Å². The van der Waals surface area contributed by atoms with E-state index in [-0.39, 0.29) is 29.5 Å². The van der Waals surface area contributed by atoms with Crippen molar-refractivity contribution in [3.8, 4) is 11.1 Å². The van der Waals surface area contributed by atoms with Crippen molar-refractivity contribution in [1.82, 2.24) is 18.8 Å². The predicted molar refractivity (Wildman–Crippen MR) is 132 cm³/mol. The van der Waals surface area contributed by atoms with Crippen molar-refractivity contribution >= 4 is 21.6 Å². The lowest BCUT2D eigenvalue weighted by Gasteiger charge is -2.38. The second kappa shape index (κ2) is 8.78. The molecule has 3 aromatic rings. The Balaban J connectivity index is 1.59. The summed E-state index contributed by atoms with van der Waals surface area (Å²) in [5.41, 5.74) is 4.01. The summed E-state index contributed by atoms with van der Waals surface area (Å²) >= 11 is 0. The number of aryl methyl sites for hydroxylation is 1. The van der Waals surface area contributed by atoms with Crippen LogP contribution in [0.2, 0.25) is 0 Å². The van der Waals surface area contributed by atoms with Crippen LogP contribution in [-0.4, -0.2) is 71.5 Å². The number of fused-ring (bicyclic) bond motifs is 3. The van der Waals surface area contributed by atoms with E-state index in [9.17, 15) is 18.3 Å². The number of sulfonamides is 1. The Morgan fingerprint density at radius 1 is 1.20 bits per heavy atom. The van der Waals surface area contributed by atoms with Crippen molar-refractivity contribution in [2.45, 2.75) is 23.5 Å². The van der Waals surface area contributed by atoms with Crippen molar-refractivity contribution in [2.75, 3.05) is 32.6 Å². The molecule has 3 atom stereocenters. The molecule has 5 rings (SSSR count). The van der Waals surface area contributed by atoms with E-state index >= 15 is 0 Å². The fraction of sp³-hybridized carbons (Fsp3) is 0.360. The number of benzene rings is 2. The third kappa shape index (κ3) is 4.01.